The first kappa shape index (κ1) is 30.9. The van der Waals surface area contributed by atoms with Crippen LogP contribution in [0.2, 0.25) is 0 Å². The van der Waals surface area contributed by atoms with Crippen molar-refractivity contribution in [2.75, 3.05) is 0 Å². The van der Waals surface area contributed by atoms with Gasteiger partial charge in [-0.3, -0.25) is 0 Å². The summed E-state index contributed by atoms with van der Waals surface area (Å²) < 4.78 is 8.56. The lowest BCUT2D eigenvalue weighted by Crippen LogP contribution is -1.96. The van der Waals surface area contributed by atoms with E-state index in [0.29, 0.717) is 5.82 Å². The molecule has 0 radical (unpaired) electrons. The average molecular weight is 714 g/mol. The number of furan rings is 1. The van der Waals surface area contributed by atoms with Crippen molar-refractivity contribution in [2.24, 2.45) is 0 Å². The highest BCUT2D eigenvalue weighted by atomic mass is 16.3. The van der Waals surface area contributed by atoms with E-state index >= 15 is 0 Å². The molecule has 0 saturated heterocycles. The Morgan fingerprint density at radius 1 is 0.321 bits per heavy atom. The minimum Gasteiger partial charge on any atom is -0.456 e. The average Bonchev–Trinajstić information content (AvgIpc) is 3.81. The summed E-state index contributed by atoms with van der Waals surface area (Å²) >= 11 is 0. The van der Waals surface area contributed by atoms with E-state index < -0.39 is 0 Å². The van der Waals surface area contributed by atoms with Gasteiger partial charge in [0.15, 0.2) is 5.82 Å². The lowest BCUT2D eigenvalue weighted by atomic mass is 9.94. The zero-order valence-corrected chi connectivity index (χ0v) is 30.1. The second-order valence-corrected chi connectivity index (χ2v) is 14.5. The van der Waals surface area contributed by atoms with Gasteiger partial charge in [-0.25, -0.2) is 9.97 Å². The van der Waals surface area contributed by atoms with Gasteiger partial charge in [0.25, 0.3) is 0 Å². The fraction of sp³-hybridized carbons (Fsp3) is 0. The van der Waals surface area contributed by atoms with Crippen molar-refractivity contribution in [1.82, 2.24) is 14.5 Å². The van der Waals surface area contributed by atoms with Crippen LogP contribution < -0.4 is 0 Å². The van der Waals surface area contributed by atoms with E-state index in [2.05, 4.69) is 162 Å². The van der Waals surface area contributed by atoms with E-state index in [9.17, 15) is 0 Å². The second kappa shape index (κ2) is 12.0. The van der Waals surface area contributed by atoms with Crippen molar-refractivity contribution in [2.45, 2.75) is 0 Å². The largest absolute Gasteiger partial charge is 0.456 e. The van der Waals surface area contributed by atoms with Gasteiger partial charge in [0.1, 0.15) is 11.2 Å². The molecule has 12 rings (SSSR count). The van der Waals surface area contributed by atoms with E-state index in [1.165, 1.54) is 43.1 Å². The highest BCUT2D eigenvalue weighted by Gasteiger charge is 2.18. The number of para-hydroxylation sites is 2. The predicted molar refractivity (Wildman–Crippen MR) is 232 cm³/mol. The topological polar surface area (TPSA) is 43.9 Å². The summed E-state index contributed by atoms with van der Waals surface area (Å²) in [5.41, 5.74) is 9.93. The van der Waals surface area contributed by atoms with Crippen molar-refractivity contribution in [3.8, 4) is 39.6 Å². The molecule has 260 valence electrons. The van der Waals surface area contributed by atoms with Gasteiger partial charge in [0.2, 0.25) is 0 Å². The third-order valence-corrected chi connectivity index (χ3v) is 11.4. The normalized spacial score (nSPS) is 11.9. The van der Waals surface area contributed by atoms with Crippen LogP contribution in [-0.4, -0.2) is 14.5 Å². The summed E-state index contributed by atoms with van der Waals surface area (Å²) in [6.45, 7) is 0. The Morgan fingerprint density at radius 3 is 1.64 bits per heavy atom. The van der Waals surface area contributed by atoms with Gasteiger partial charge in [0, 0.05) is 43.9 Å². The van der Waals surface area contributed by atoms with E-state index in [0.717, 1.165) is 66.7 Å². The molecule has 0 unspecified atom stereocenters. The zero-order chi connectivity index (χ0) is 36.7. The summed E-state index contributed by atoms with van der Waals surface area (Å²) in [4.78, 5) is 10.4. The van der Waals surface area contributed by atoms with Gasteiger partial charge in [0.05, 0.1) is 22.4 Å². The van der Waals surface area contributed by atoms with E-state index in [1.54, 1.807) is 0 Å². The molecule has 0 amide bonds. The van der Waals surface area contributed by atoms with Crippen molar-refractivity contribution in [3.63, 3.8) is 0 Å². The summed E-state index contributed by atoms with van der Waals surface area (Å²) in [5, 5.41) is 12.1. The molecule has 0 atom stereocenters. The highest BCUT2D eigenvalue weighted by Crippen LogP contribution is 2.40. The first-order chi connectivity index (χ1) is 27.7. The fourth-order valence-corrected chi connectivity index (χ4v) is 8.79. The van der Waals surface area contributed by atoms with Crippen LogP contribution in [0.15, 0.2) is 192 Å². The van der Waals surface area contributed by atoms with Gasteiger partial charge in [-0.05, 0) is 93.0 Å². The van der Waals surface area contributed by atoms with Crippen LogP contribution in [0, 0.1) is 0 Å². The minimum atomic E-state index is 0.673. The lowest BCUT2D eigenvalue weighted by Gasteiger charge is -2.14. The Hall–Kier alpha value is -7.56. The molecule has 0 aliphatic rings. The first-order valence-corrected chi connectivity index (χ1v) is 19.0. The molecule has 3 heterocycles. The molecule has 0 bridgehead atoms. The van der Waals surface area contributed by atoms with Crippen molar-refractivity contribution in [1.29, 1.82) is 0 Å². The second-order valence-electron chi connectivity index (χ2n) is 14.5. The molecule has 9 aromatic carbocycles. The Balaban J connectivity index is 1.06. The third kappa shape index (κ3) is 4.66. The van der Waals surface area contributed by atoms with Crippen LogP contribution in [0.5, 0.6) is 0 Å². The minimum absolute atomic E-state index is 0.673. The maximum Gasteiger partial charge on any atom is 0.160 e. The Labute approximate surface area is 321 Å². The molecule has 12 aromatic rings. The Bertz CT molecular complexity index is 3510. The highest BCUT2D eigenvalue weighted by molar-refractivity contribution is 6.25. The quantitative estimate of drug-likeness (QED) is 0.171. The summed E-state index contributed by atoms with van der Waals surface area (Å²) in [6.07, 6.45) is 0. The number of rotatable bonds is 4. The van der Waals surface area contributed by atoms with Crippen LogP contribution in [0.4, 0.5) is 0 Å². The van der Waals surface area contributed by atoms with E-state index in [1.807, 2.05) is 30.3 Å². The SMILES string of the molecule is c1ccc(-c2cc(-c3ccc4c(c3)c3ccccc3n4-c3ccc4c5ccccc5c5ccccc5c4c3)nc(-c3ccc4oc5ccccc5c4c3)n2)cc1. The van der Waals surface area contributed by atoms with Crippen molar-refractivity contribution in [3.05, 3.63) is 188 Å². The number of nitrogens with zero attached hydrogens (tertiary/aromatic N) is 3. The fourth-order valence-electron chi connectivity index (χ4n) is 8.79. The Morgan fingerprint density at radius 2 is 0.875 bits per heavy atom. The van der Waals surface area contributed by atoms with E-state index in [4.69, 9.17) is 14.4 Å². The third-order valence-electron chi connectivity index (χ3n) is 11.4. The molecule has 0 N–H and O–H groups in total. The van der Waals surface area contributed by atoms with Crippen molar-refractivity contribution < 1.29 is 4.42 Å². The standard InChI is InChI=1S/C52H31N3O/c1-2-12-32(13-3-1)46-31-47(54-52(53-46)34-23-27-51-45(29-34)42-19-9-11-21-50(42)56-51)33-22-26-49-44(28-33)41-18-8-10-20-48(41)55(49)35-24-25-40-38-16-5-4-14-36(38)37-15-6-7-17-39(37)43(40)30-35/h1-31H. The maximum absolute atomic E-state index is 6.15. The monoisotopic (exact) mass is 713 g/mol. The molecule has 0 spiro atoms. The summed E-state index contributed by atoms with van der Waals surface area (Å²) in [7, 11) is 0. The number of fused-ring (bicyclic) bond motifs is 12. The van der Waals surface area contributed by atoms with Crippen LogP contribution in [-0.2, 0) is 0 Å². The first-order valence-electron chi connectivity index (χ1n) is 19.0. The van der Waals surface area contributed by atoms with Crippen LogP contribution in [0.3, 0.4) is 0 Å². The molecule has 0 aliphatic carbocycles. The molecule has 3 aromatic heterocycles. The smallest absolute Gasteiger partial charge is 0.160 e. The van der Waals surface area contributed by atoms with E-state index in [-0.39, 0.29) is 0 Å². The van der Waals surface area contributed by atoms with Gasteiger partial charge in [-0.1, -0.05) is 127 Å². The van der Waals surface area contributed by atoms with Gasteiger partial charge in [-0.2, -0.15) is 0 Å². The van der Waals surface area contributed by atoms with Gasteiger partial charge < -0.3 is 8.98 Å². The van der Waals surface area contributed by atoms with Crippen molar-refractivity contribution >= 4 is 76.1 Å². The molecule has 4 nitrogen and oxygen atoms in total. The summed E-state index contributed by atoms with van der Waals surface area (Å²) in [6, 6.07) is 66.8. The molecular formula is C52H31N3O. The molecule has 4 heteroatoms. The number of hydrogen-bond donors (Lipinski definition) is 0. The van der Waals surface area contributed by atoms with Crippen LogP contribution in [0.25, 0.3) is 116 Å². The van der Waals surface area contributed by atoms with Gasteiger partial charge >= 0.3 is 0 Å². The molecule has 0 saturated carbocycles. The maximum atomic E-state index is 6.15. The predicted octanol–water partition coefficient (Wildman–Crippen LogP) is 13.9. The molecule has 0 aliphatic heterocycles. The Kier molecular flexibility index (Phi) is 6.60. The molecule has 0 fully saturated rings. The number of aromatic nitrogens is 3. The lowest BCUT2D eigenvalue weighted by molar-refractivity contribution is 0.669. The molecular weight excluding hydrogens is 683 g/mol. The molecule has 56 heavy (non-hydrogen) atoms. The number of benzene rings is 9. The van der Waals surface area contributed by atoms with Gasteiger partial charge in [-0.15, -0.1) is 0 Å². The summed E-state index contributed by atoms with van der Waals surface area (Å²) in [5.74, 6) is 0.673. The van der Waals surface area contributed by atoms with Crippen LogP contribution in [0.1, 0.15) is 0 Å². The zero-order valence-electron chi connectivity index (χ0n) is 30.1. The number of hydrogen-bond acceptors (Lipinski definition) is 3. The van der Waals surface area contributed by atoms with Crippen LogP contribution >= 0.6 is 0 Å².